The zero-order valence-corrected chi connectivity index (χ0v) is 13.5. The van der Waals surface area contributed by atoms with Crippen LogP contribution in [0.1, 0.15) is 13.8 Å². The zero-order chi connectivity index (χ0) is 15.4. The fourth-order valence-electron chi connectivity index (χ4n) is 1.57. The number of rotatable bonds is 5. The highest BCUT2D eigenvalue weighted by Gasteiger charge is 2.08. The first-order chi connectivity index (χ1) is 9.96. The van der Waals surface area contributed by atoms with Crippen LogP contribution in [0.15, 0.2) is 22.7 Å². The van der Waals surface area contributed by atoms with Crippen LogP contribution < -0.4 is 20.5 Å². The van der Waals surface area contributed by atoms with E-state index in [1.165, 1.54) is 0 Å². The molecule has 0 unspecified atom stereocenters. The Labute approximate surface area is 131 Å². The van der Waals surface area contributed by atoms with Crippen molar-refractivity contribution in [1.82, 2.24) is 15.0 Å². The third-order valence-electron chi connectivity index (χ3n) is 2.34. The molecule has 0 atom stereocenters. The number of nitrogens with zero attached hydrogens (tertiary/aromatic N) is 3. The van der Waals surface area contributed by atoms with Crippen molar-refractivity contribution in [1.29, 1.82) is 0 Å². The Kier molecular flexibility index (Phi) is 4.79. The molecule has 0 bridgehead atoms. The number of nitrogen functional groups attached to an aromatic ring is 1. The maximum atomic E-state index is 5.66. The summed E-state index contributed by atoms with van der Waals surface area (Å²) in [6.07, 6.45) is -0.0504. The normalized spacial score (nSPS) is 10.5. The Morgan fingerprint density at radius 1 is 1.19 bits per heavy atom. The van der Waals surface area contributed by atoms with Crippen LogP contribution in [-0.4, -0.2) is 28.2 Å². The number of nitrogens with two attached hydrogens (primary N) is 1. The summed E-state index contributed by atoms with van der Waals surface area (Å²) in [5.74, 6) is 1.09. The van der Waals surface area contributed by atoms with E-state index in [1.807, 2.05) is 32.0 Å². The average molecular weight is 354 g/mol. The standard InChI is InChI=1S/C13H16BrN5O2/c1-7(2)21-13-18-11(15)17-12(19-13)16-9-4-8(14)5-10(6-9)20-3/h4-7H,1-3H3,(H3,15,16,17,18,19). The number of anilines is 3. The quantitative estimate of drug-likeness (QED) is 0.852. The van der Waals surface area contributed by atoms with E-state index in [0.717, 1.165) is 10.2 Å². The number of hydrogen-bond donors (Lipinski definition) is 2. The molecule has 0 amide bonds. The van der Waals surface area contributed by atoms with Crippen molar-refractivity contribution in [2.45, 2.75) is 20.0 Å². The molecule has 1 heterocycles. The molecule has 7 nitrogen and oxygen atoms in total. The van der Waals surface area contributed by atoms with Gasteiger partial charge in [-0.25, -0.2) is 0 Å². The molecule has 0 radical (unpaired) electrons. The number of methoxy groups -OCH3 is 1. The lowest BCUT2D eigenvalue weighted by Crippen LogP contribution is -2.11. The van der Waals surface area contributed by atoms with E-state index in [0.29, 0.717) is 11.7 Å². The van der Waals surface area contributed by atoms with E-state index in [-0.39, 0.29) is 18.1 Å². The number of hydrogen-bond acceptors (Lipinski definition) is 7. The van der Waals surface area contributed by atoms with Gasteiger partial charge in [-0.15, -0.1) is 0 Å². The van der Waals surface area contributed by atoms with E-state index in [4.69, 9.17) is 15.2 Å². The molecule has 0 aliphatic heterocycles. The Balaban J connectivity index is 2.26. The van der Waals surface area contributed by atoms with Gasteiger partial charge >= 0.3 is 6.01 Å². The molecular formula is C13H16BrN5O2. The molecule has 3 N–H and O–H groups in total. The van der Waals surface area contributed by atoms with Crippen LogP contribution in [0.25, 0.3) is 0 Å². The smallest absolute Gasteiger partial charge is 0.323 e. The van der Waals surface area contributed by atoms with Crippen molar-refractivity contribution < 1.29 is 9.47 Å². The van der Waals surface area contributed by atoms with Crippen molar-refractivity contribution in [3.8, 4) is 11.8 Å². The van der Waals surface area contributed by atoms with Gasteiger partial charge in [0.05, 0.1) is 13.2 Å². The molecule has 1 aromatic carbocycles. The maximum absolute atomic E-state index is 5.66. The van der Waals surface area contributed by atoms with Crippen LogP contribution in [0.3, 0.4) is 0 Å². The fraction of sp³-hybridized carbons (Fsp3) is 0.308. The van der Waals surface area contributed by atoms with Gasteiger partial charge in [-0.1, -0.05) is 15.9 Å². The molecular weight excluding hydrogens is 338 g/mol. The highest BCUT2D eigenvalue weighted by molar-refractivity contribution is 9.10. The molecule has 2 aromatic rings. The third-order valence-corrected chi connectivity index (χ3v) is 2.79. The summed E-state index contributed by atoms with van der Waals surface area (Å²) in [5, 5.41) is 3.04. The van der Waals surface area contributed by atoms with Gasteiger partial charge in [0.1, 0.15) is 5.75 Å². The van der Waals surface area contributed by atoms with Gasteiger partial charge in [0.15, 0.2) is 0 Å². The first-order valence-electron chi connectivity index (χ1n) is 6.26. The summed E-state index contributed by atoms with van der Waals surface area (Å²) in [4.78, 5) is 12.1. The van der Waals surface area contributed by atoms with Gasteiger partial charge in [0.2, 0.25) is 11.9 Å². The minimum atomic E-state index is -0.0504. The van der Waals surface area contributed by atoms with Crippen molar-refractivity contribution in [2.24, 2.45) is 0 Å². The van der Waals surface area contributed by atoms with E-state index < -0.39 is 0 Å². The SMILES string of the molecule is COc1cc(Br)cc(Nc2nc(N)nc(OC(C)C)n2)c1. The molecule has 0 saturated carbocycles. The molecule has 0 aliphatic carbocycles. The predicted molar refractivity (Wildman–Crippen MR) is 84.0 cm³/mol. The van der Waals surface area contributed by atoms with E-state index >= 15 is 0 Å². The lowest BCUT2D eigenvalue weighted by atomic mass is 10.3. The Morgan fingerprint density at radius 3 is 2.62 bits per heavy atom. The summed E-state index contributed by atoms with van der Waals surface area (Å²) in [7, 11) is 1.60. The minimum absolute atomic E-state index is 0.0504. The second-order valence-electron chi connectivity index (χ2n) is 4.47. The van der Waals surface area contributed by atoms with Gasteiger partial charge in [0, 0.05) is 16.2 Å². The van der Waals surface area contributed by atoms with Crippen molar-refractivity contribution in [3.05, 3.63) is 22.7 Å². The summed E-state index contributed by atoms with van der Waals surface area (Å²) in [5.41, 5.74) is 6.41. The molecule has 2 rings (SSSR count). The number of aromatic nitrogens is 3. The molecule has 0 aliphatic rings. The summed E-state index contributed by atoms with van der Waals surface area (Å²) in [6, 6.07) is 5.71. The Bertz CT molecular complexity index is 636. The lowest BCUT2D eigenvalue weighted by molar-refractivity contribution is 0.222. The van der Waals surface area contributed by atoms with Crippen LogP contribution in [0, 0.1) is 0 Å². The zero-order valence-electron chi connectivity index (χ0n) is 11.9. The number of halogens is 1. The van der Waals surface area contributed by atoms with Crippen molar-refractivity contribution in [2.75, 3.05) is 18.2 Å². The highest BCUT2D eigenvalue weighted by Crippen LogP contribution is 2.26. The molecule has 0 fully saturated rings. The average Bonchev–Trinajstić information content (AvgIpc) is 2.36. The first kappa shape index (κ1) is 15.3. The van der Waals surface area contributed by atoms with Gasteiger partial charge in [-0.3, -0.25) is 0 Å². The second-order valence-corrected chi connectivity index (χ2v) is 5.39. The summed E-state index contributed by atoms with van der Waals surface area (Å²) >= 11 is 3.41. The lowest BCUT2D eigenvalue weighted by Gasteiger charge is -2.11. The molecule has 8 heteroatoms. The van der Waals surface area contributed by atoms with Crippen LogP contribution in [0.2, 0.25) is 0 Å². The fourth-order valence-corrected chi connectivity index (χ4v) is 2.05. The van der Waals surface area contributed by atoms with Crippen molar-refractivity contribution in [3.63, 3.8) is 0 Å². The van der Waals surface area contributed by atoms with Crippen LogP contribution in [0.5, 0.6) is 11.8 Å². The molecule has 112 valence electrons. The van der Waals surface area contributed by atoms with E-state index in [9.17, 15) is 0 Å². The number of benzene rings is 1. The number of nitrogens with one attached hydrogen (secondary N) is 1. The molecule has 0 spiro atoms. The topological polar surface area (TPSA) is 95.2 Å². The third kappa shape index (κ3) is 4.45. The summed E-state index contributed by atoms with van der Waals surface area (Å²) < 4.78 is 11.5. The second kappa shape index (κ2) is 6.57. The Morgan fingerprint density at radius 2 is 1.95 bits per heavy atom. The highest BCUT2D eigenvalue weighted by atomic mass is 79.9. The van der Waals surface area contributed by atoms with E-state index in [1.54, 1.807) is 7.11 Å². The van der Waals surface area contributed by atoms with Gasteiger partial charge in [-0.2, -0.15) is 15.0 Å². The maximum Gasteiger partial charge on any atom is 0.323 e. The summed E-state index contributed by atoms with van der Waals surface area (Å²) in [6.45, 7) is 3.76. The number of ether oxygens (including phenoxy) is 2. The molecule has 0 saturated heterocycles. The van der Waals surface area contributed by atoms with Crippen LogP contribution in [0.4, 0.5) is 17.6 Å². The van der Waals surface area contributed by atoms with Gasteiger partial charge in [0.25, 0.3) is 0 Å². The Hall–Kier alpha value is -2.09. The monoisotopic (exact) mass is 353 g/mol. The van der Waals surface area contributed by atoms with Crippen molar-refractivity contribution >= 4 is 33.5 Å². The van der Waals surface area contributed by atoms with Crippen LogP contribution >= 0.6 is 15.9 Å². The first-order valence-corrected chi connectivity index (χ1v) is 7.05. The van der Waals surface area contributed by atoms with E-state index in [2.05, 4.69) is 36.2 Å². The minimum Gasteiger partial charge on any atom is -0.497 e. The van der Waals surface area contributed by atoms with Gasteiger partial charge < -0.3 is 20.5 Å². The van der Waals surface area contributed by atoms with Gasteiger partial charge in [-0.05, 0) is 26.0 Å². The largest absolute Gasteiger partial charge is 0.497 e. The molecule has 1 aromatic heterocycles. The van der Waals surface area contributed by atoms with Crippen LogP contribution in [-0.2, 0) is 0 Å². The molecule has 21 heavy (non-hydrogen) atoms. The predicted octanol–water partition coefficient (Wildman–Crippen LogP) is 2.76.